The van der Waals surface area contributed by atoms with Crippen LogP contribution in [0.2, 0.25) is 0 Å². The third-order valence-electron chi connectivity index (χ3n) is 6.33. The first kappa shape index (κ1) is 23.3. The summed E-state index contributed by atoms with van der Waals surface area (Å²) in [5, 5.41) is 1.12. The highest BCUT2D eigenvalue weighted by Crippen LogP contribution is 2.29. The number of aryl methyl sites for hydroxylation is 2. The number of piperazine rings is 1. The standard InChI is InChI=1S/C28H29N5OS/c1-20-18-23(11-12-25(20)31-35-26-10-4-7-22-8-5-13-29-27(22)26)28(34)33-16-14-32(15-17-33)19-24-9-3-6-21(2)30-24/h3-13,18,31H,14-17,19H2,1-2H3. The van der Waals surface area contributed by atoms with Crippen molar-refractivity contribution in [3.05, 3.63) is 95.4 Å². The Morgan fingerprint density at radius 2 is 1.77 bits per heavy atom. The Labute approximate surface area is 210 Å². The van der Waals surface area contributed by atoms with Gasteiger partial charge in [0.2, 0.25) is 0 Å². The highest BCUT2D eigenvalue weighted by Gasteiger charge is 2.23. The number of carbonyl (C=O) groups excluding carboxylic acids is 1. The van der Waals surface area contributed by atoms with Gasteiger partial charge in [-0.25, -0.2) is 0 Å². The van der Waals surface area contributed by atoms with Gasteiger partial charge in [-0.2, -0.15) is 0 Å². The lowest BCUT2D eigenvalue weighted by Crippen LogP contribution is -2.48. The van der Waals surface area contributed by atoms with E-state index in [9.17, 15) is 4.79 Å². The topological polar surface area (TPSA) is 61.4 Å². The smallest absolute Gasteiger partial charge is 0.253 e. The molecule has 1 aliphatic heterocycles. The van der Waals surface area contributed by atoms with E-state index in [1.54, 1.807) is 11.9 Å². The van der Waals surface area contributed by atoms with Crippen LogP contribution in [0.5, 0.6) is 0 Å². The van der Waals surface area contributed by atoms with Crippen LogP contribution in [-0.2, 0) is 6.54 Å². The van der Waals surface area contributed by atoms with Crippen molar-refractivity contribution in [1.82, 2.24) is 19.8 Å². The number of fused-ring (bicyclic) bond motifs is 1. The third-order valence-corrected chi connectivity index (χ3v) is 7.20. The van der Waals surface area contributed by atoms with Gasteiger partial charge in [0.15, 0.2) is 0 Å². The number of rotatable bonds is 6. The Morgan fingerprint density at radius 1 is 0.971 bits per heavy atom. The summed E-state index contributed by atoms with van der Waals surface area (Å²) in [5.41, 5.74) is 5.88. The third kappa shape index (κ3) is 5.47. The van der Waals surface area contributed by atoms with Gasteiger partial charge >= 0.3 is 0 Å². The van der Waals surface area contributed by atoms with E-state index < -0.39 is 0 Å². The predicted molar refractivity (Wildman–Crippen MR) is 143 cm³/mol. The normalized spacial score (nSPS) is 14.3. The van der Waals surface area contributed by atoms with E-state index in [1.165, 1.54) is 0 Å². The Morgan fingerprint density at radius 3 is 2.57 bits per heavy atom. The Hall–Kier alpha value is -3.42. The highest BCUT2D eigenvalue weighted by molar-refractivity contribution is 8.00. The van der Waals surface area contributed by atoms with Crippen LogP contribution in [0.25, 0.3) is 10.9 Å². The molecular formula is C28H29N5OS. The van der Waals surface area contributed by atoms with Crippen LogP contribution in [0.1, 0.15) is 27.3 Å². The number of carbonyl (C=O) groups is 1. The molecule has 0 spiro atoms. The number of para-hydroxylation sites is 1. The van der Waals surface area contributed by atoms with Crippen molar-refractivity contribution in [3.63, 3.8) is 0 Å². The number of nitrogens with one attached hydrogen (secondary N) is 1. The number of amides is 1. The van der Waals surface area contributed by atoms with Gasteiger partial charge < -0.3 is 9.62 Å². The van der Waals surface area contributed by atoms with Crippen LogP contribution in [-0.4, -0.2) is 51.9 Å². The van der Waals surface area contributed by atoms with E-state index in [4.69, 9.17) is 0 Å². The quantitative estimate of drug-likeness (QED) is 0.375. The van der Waals surface area contributed by atoms with Gasteiger partial charge in [-0.1, -0.05) is 24.3 Å². The van der Waals surface area contributed by atoms with Crippen LogP contribution in [0.4, 0.5) is 5.69 Å². The molecule has 178 valence electrons. The second-order valence-corrected chi connectivity index (χ2v) is 9.75. The van der Waals surface area contributed by atoms with Gasteiger partial charge in [-0.15, -0.1) is 0 Å². The van der Waals surface area contributed by atoms with Crippen molar-refractivity contribution in [2.24, 2.45) is 0 Å². The second kappa shape index (κ2) is 10.5. The first-order chi connectivity index (χ1) is 17.1. The molecule has 2 aromatic carbocycles. The maximum Gasteiger partial charge on any atom is 0.253 e. The highest BCUT2D eigenvalue weighted by atomic mass is 32.2. The van der Waals surface area contributed by atoms with Crippen LogP contribution >= 0.6 is 11.9 Å². The van der Waals surface area contributed by atoms with Gasteiger partial charge in [0.05, 0.1) is 16.1 Å². The minimum absolute atomic E-state index is 0.0962. The predicted octanol–water partition coefficient (Wildman–Crippen LogP) is 5.32. The molecule has 1 aliphatic rings. The molecule has 1 fully saturated rings. The van der Waals surface area contributed by atoms with Crippen molar-refractivity contribution in [1.29, 1.82) is 0 Å². The van der Waals surface area contributed by atoms with Crippen molar-refractivity contribution >= 4 is 34.4 Å². The monoisotopic (exact) mass is 483 g/mol. The van der Waals surface area contributed by atoms with Crippen LogP contribution in [0.3, 0.4) is 0 Å². The fourth-order valence-electron chi connectivity index (χ4n) is 4.39. The number of pyridine rings is 2. The van der Waals surface area contributed by atoms with Gasteiger partial charge in [-0.3, -0.25) is 19.7 Å². The van der Waals surface area contributed by atoms with E-state index >= 15 is 0 Å². The Balaban J connectivity index is 1.19. The van der Waals surface area contributed by atoms with Crippen LogP contribution in [0.15, 0.2) is 77.8 Å². The Kier molecular flexibility index (Phi) is 6.97. The second-order valence-electron chi connectivity index (χ2n) is 8.90. The lowest BCUT2D eigenvalue weighted by molar-refractivity contribution is 0.0627. The summed E-state index contributed by atoms with van der Waals surface area (Å²) in [7, 11) is 0. The van der Waals surface area contributed by atoms with Gasteiger partial charge in [-0.05, 0) is 73.8 Å². The van der Waals surface area contributed by atoms with Crippen molar-refractivity contribution < 1.29 is 4.79 Å². The average Bonchev–Trinajstić information content (AvgIpc) is 2.88. The lowest BCUT2D eigenvalue weighted by Gasteiger charge is -2.34. The van der Waals surface area contributed by atoms with Crippen molar-refractivity contribution in [2.45, 2.75) is 25.3 Å². The molecule has 4 aromatic rings. The zero-order chi connectivity index (χ0) is 24.2. The van der Waals surface area contributed by atoms with Crippen LogP contribution < -0.4 is 4.72 Å². The molecule has 2 aromatic heterocycles. The molecule has 1 N–H and O–H groups in total. The van der Waals surface area contributed by atoms with E-state index in [1.807, 2.05) is 61.3 Å². The number of hydrogen-bond acceptors (Lipinski definition) is 6. The molecule has 5 rings (SSSR count). The molecule has 1 saturated heterocycles. The molecule has 3 heterocycles. The minimum Gasteiger partial charge on any atom is -0.336 e. The number of benzene rings is 2. The number of hydrogen-bond donors (Lipinski definition) is 1. The first-order valence-electron chi connectivity index (χ1n) is 11.9. The summed E-state index contributed by atoms with van der Waals surface area (Å²) in [6, 6.07) is 22.2. The maximum absolute atomic E-state index is 13.2. The van der Waals surface area contributed by atoms with E-state index in [-0.39, 0.29) is 5.91 Å². The lowest BCUT2D eigenvalue weighted by atomic mass is 10.1. The van der Waals surface area contributed by atoms with Crippen molar-refractivity contribution in [2.75, 3.05) is 30.9 Å². The summed E-state index contributed by atoms with van der Waals surface area (Å²) in [6.45, 7) is 8.05. The summed E-state index contributed by atoms with van der Waals surface area (Å²) in [4.78, 5) is 27.7. The number of anilines is 1. The van der Waals surface area contributed by atoms with E-state index in [2.05, 4.69) is 49.9 Å². The summed E-state index contributed by atoms with van der Waals surface area (Å²) < 4.78 is 3.44. The number of aromatic nitrogens is 2. The average molecular weight is 484 g/mol. The summed E-state index contributed by atoms with van der Waals surface area (Å²) >= 11 is 1.54. The summed E-state index contributed by atoms with van der Waals surface area (Å²) in [5.74, 6) is 0.0962. The van der Waals surface area contributed by atoms with Gasteiger partial charge in [0.25, 0.3) is 5.91 Å². The molecule has 0 unspecified atom stereocenters. The molecular weight excluding hydrogens is 454 g/mol. The van der Waals surface area contributed by atoms with Crippen LogP contribution in [0, 0.1) is 13.8 Å². The molecule has 35 heavy (non-hydrogen) atoms. The molecule has 0 aliphatic carbocycles. The fourth-order valence-corrected chi connectivity index (χ4v) is 5.25. The van der Waals surface area contributed by atoms with Crippen molar-refractivity contribution in [3.8, 4) is 0 Å². The fraction of sp³-hybridized carbons (Fsp3) is 0.250. The SMILES string of the molecule is Cc1cccc(CN2CCN(C(=O)c3ccc(NSc4cccc5cccnc45)c(C)c3)CC2)n1. The van der Waals surface area contributed by atoms with E-state index in [0.29, 0.717) is 0 Å². The molecule has 0 bridgehead atoms. The minimum atomic E-state index is 0.0962. The molecule has 6 nitrogen and oxygen atoms in total. The molecule has 7 heteroatoms. The zero-order valence-corrected chi connectivity index (χ0v) is 20.9. The molecule has 0 saturated carbocycles. The van der Waals surface area contributed by atoms with Gasteiger partial charge in [0.1, 0.15) is 0 Å². The van der Waals surface area contributed by atoms with Gasteiger partial charge in [0, 0.05) is 61.3 Å². The largest absolute Gasteiger partial charge is 0.336 e. The number of nitrogens with zero attached hydrogens (tertiary/aromatic N) is 4. The Bertz CT molecular complexity index is 1350. The molecule has 0 radical (unpaired) electrons. The maximum atomic E-state index is 13.2. The zero-order valence-electron chi connectivity index (χ0n) is 20.1. The summed E-state index contributed by atoms with van der Waals surface area (Å²) in [6.07, 6.45) is 1.82. The van der Waals surface area contributed by atoms with E-state index in [0.717, 1.165) is 76.7 Å². The molecule has 1 amide bonds. The first-order valence-corrected chi connectivity index (χ1v) is 12.7. The molecule has 0 atom stereocenters.